The van der Waals surface area contributed by atoms with Crippen molar-refractivity contribution >= 4 is 33.6 Å². The Balaban J connectivity index is 2.28. The predicted octanol–water partition coefficient (Wildman–Crippen LogP) is 3.39. The number of methoxy groups -OCH3 is 1. The van der Waals surface area contributed by atoms with Gasteiger partial charge in [0.15, 0.2) is 0 Å². The molecular weight excluding hydrogens is 403 g/mol. The van der Waals surface area contributed by atoms with Crippen LogP contribution in [0.25, 0.3) is 0 Å². The maximum Gasteiger partial charge on any atom is 0.445 e. The number of esters is 1. The van der Waals surface area contributed by atoms with Crippen LogP contribution in [0.1, 0.15) is 5.56 Å². The van der Waals surface area contributed by atoms with Gasteiger partial charge in [-0.1, -0.05) is 30.3 Å². The van der Waals surface area contributed by atoms with Crippen molar-refractivity contribution < 1.29 is 22.7 Å². The van der Waals surface area contributed by atoms with Gasteiger partial charge in [0.05, 0.1) is 7.11 Å². The summed E-state index contributed by atoms with van der Waals surface area (Å²) >= 11 is 3.27. The third-order valence-electron chi connectivity index (χ3n) is 3.56. The molecule has 0 amide bonds. The minimum absolute atomic E-state index is 0.0605. The zero-order valence-corrected chi connectivity index (χ0v) is 14.4. The molecule has 25 heavy (non-hydrogen) atoms. The first-order chi connectivity index (χ1) is 11.8. The fraction of sp³-hybridized carbons (Fsp3) is 0.188. The normalized spacial score (nSPS) is 22.6. The number of carbonyl (C=O) groups is 1. The van der Waals surface area contributed by atoms with Crippen molar-refractivity contribution in [3.05, 3.63) is 58.7 Å². The molecule has 3 rings (SSSR count). The molecule has 9 heteroatoms. The molecule has 2 heterocycles. The number of halogens is 4. The van der Waals surface area contributed by atoms with Crippen LogP contribution in [-0.4, -0.2) is 41.5 Å². The van der Waals surface area contributed by atoms with Gasteiger partial charge in [-0.3, -0.25) is 4.90 Å². The first kappa shape index (κ1) is 17.4. The second kappa shape index (κ2) is 6.14. The highest BCUT2D eigenvalue weighted by Crippen LogP contribution is 2.40. The van der Waals surface area contributed by atoms with Crippen LogP contribution in [0.3, 0.4) is 0 Å². The lowest BCUT2D eigenvalue weighted by molar-refractivity contribution is -0.202. The topological polar surface area (TPSA) is 54.3 Å². The lowest BCUT2D eigenvalue weighted by atomic mass is 10.1. The molecule has 130 valence electrons. The maximum absolute atomic E-state index is 13.8. The van der Waals surface area contributed by atoms with E-state index in [4.69, 9.17) is 0 Å². The minimum Gasteiger partial charge on any atom is -0.465 e. The van der Waals surface area contributed by atoms with Crippen molar-refractivity contribution in [3.8, 4) is 0 Å². The van der Waals surface area contributed by atoms with Gasteiger partial charge in [0, 0.05) is 16.2 Å². The van der Waals surface area contributed by atoms with Gasteiger partial charge in [-0.25, -0.2) is 14.8 Å². The summed E-state index contributed by atoms with van der Waals surface area (Å²) in [4.78, 5) is 20.7. The number of hydrogen-bond acceptors (Lipinski definition) is 5. The van der Waals surface area contributed by atoms with E-state index in [1.165, 1.54) is 23.3 Å². The van der Waals surface area contributed by atoms with E-state index >= 15 is 0 Å². The van der Waals surface area contributed by atoms with Gasteiger partial charge in [0.2, 0.25) is 0 Å². The molecule has 1 atom stereocenters. The highest BCUT2D eigenvalue weighted by atomic mass is 79.9. The fourth-order valence-electron chi connectivity index (χ4n) is 2.39. The monoisotopic (exact) mass is 413 g/mol. The molecule has 0 fully saturated rings. The lowest BCUT2D eigenvalue weighted by Gasteiger charge is -2.36. The summed E-state index contributed by atoms with van der Waals surface area (Å²) in [5.41, 5.74) is -2.94. The van der Waals surface area contributed by atoms with Gasteiger partial charge >= 0.3 is 17.8 Å². The van der Waals surface area contributed by atoms with Crippen molar-refractivity contribution in [2.45, 2.75) is 11.8 Å². The maximum atomic E-state index is 13.8. The van der Waals surface area contributed by atoms with E-state index in [2.05, 4.69) is 30.7 Å². The van der Waals surface area contributed by atoms with Gasteiger partial charge in [-0.15, -0.1) is 0 Å². The summed E-state index contributed by atoms with van der Waals surface area (Å²) in [5, 5.41) is 0. The Labute approximate surface area is 149 Å². The molecule has 1 aromatic carbocycles. The zero-order valence-electron chi connectivity index (χ0n) is 12.8. The molecular formula is C16H11BrF3N3O2. The van der Waals surface area contributed by atoms with Crippen molar-refractivity contribution in [2.75, 3.05) is 7.11 Å². The van der Waals surface area contributed by atoms with Gasteiger partial charge in [-0.05, 0) is 28.1 Å². The van der Waals surface area contributed by atoms with Crippen LogP contribution < -0.4 is 0 Å². The van der Waals surface area contributed by atoms with Crippen LogP contribution in [0.2, 0.25) is 0 Å². The first-order valence-electron chi connectivity index (χ1n) is 7.03. The smallest absolute Gasteiger partial charge is 0.445 e. The number of hydrogen-bond donors (Lipinski definition) is 0. The van der Waals surface area contributed by atoms with E-state index in [0.717, 1.165) is 7.11 Å². The highest BCUT2D eigenvalue weighted by Gasteiger charge is 2.64. The summed E-state index contributed by atoms with van der Waals surface area (Å²) in [5.74, 6) is -1.72. The largest absolute Gasteiger partial charge is 0.465 e. The average Bonchev–Trinajstić information content (AvgIpc) is 2.60. The summed E-state index contributed by atoms with van der Waals surface area (Å²) in [6.45, 7) is 0. The van der Waals surface area contributed by atoms with Crippen LogP contribution in [0.5, 0.6) is 0 Å². The number of benzene rings is 1. The van der Waals surface area contributed by atoms with Crippen LogP contribution in [0.15, 0.2) is 63.2 Å². The number of rotatable bonds is 2. The number of allylic oxidation sites excluding steroid dienone is 2. The van der Waals surface area contributed by atoms with Crippen molar-refractivity contribution in [1.82, 2.24) is 4.90 Å². The number of nitrogens with zero attached hydrogens (tertiary/aromatic N) is 3. The molecule has 2 aliphatic rings. The molecule has 0 saturated carbocycles. The Morgan fingerprint density at radius 2 is 1.88 bits per heavy atom. The molecule has 2 aliphatic heterocycles. The highest BCUT2D eigenvalue weighted by molar-refractivity contribution is 9.11. The Kier molecular flexibility index (Phi) is 4.28. The molecule has 1 aromatic rings. The minimum atomic E-state index is -5.06. The second-order valence-electron chi connectivity index (χ2n) is 5.15. The van der Waals surface area contributed by atoms with Crippen molar-refractivity contribution in [2.24, 2.45) is 9.98 Å². The van der Waals surface area contributed by atoms with E-state index in [1.807, 2.05) is 0 Å². The standard InChI is InChI=1S/C16H11BrF3N3O2/c1-25-14(24)15(16(18,19)20)21-12-8-7-11(17)9-23(12)13(22-15)10-5-3-2-4-6-10/h2-9H,1H3/t15-/m0/s1. The fourth-order valence-corrected chi connectivity index (χ4v) is 2.73. The number of carbonyl (C=O) groups excluding carboxylic acids is 1. The molecule has 0 spiro atoms. The summed E-state index contributed by atoms with van der Waals surface area (Å²) in [6.07, 6.45) is -0.638. The van der Waals surface area contributed by atoms with E-state index < -0.39 is 17.8 Å². The predicted molar refractivity (Wildman–Crippen MR) is 89.2 cm³/mol. The van der Waals surface area contributed by atoms with E-state index in [9.17, 15) is 18.0 Å². The summed E-state index contributed by atoms with van der Waals surface area (Å²) < 4.78 is 46.3. The Morgan fingerprint density at radius 3 is 2.48 bits per heavy atom. The summed E-state index contributed by atoms with van der Waals surface area (Å²) in [6, 6.07) is 8.24. The number of ether oxygens (including phenoxy) is 1. The van der Waals surface area contributed by atoms with E-state index in [0.29, 0.717) is 10.0 Å². The molecule has 5 nitrogen and oxygen atoms in total. The quantitative estimate of drug-likeness (QED) is 0.698. The van der Waals surface area contributed by atoms with Crippen LogP contribution >= 0.6 is 15.9 Å². The Morgan fingerprint density at radius 1 is 1.20 bits per heavy atom. The molecule has 0 radical (unpaired) electrons. The summed E-state index contributed by atoms with van der Waals surface area (Å²) in [7, 11) is 0.868. The molecule has 0 aliphatic carbocycles. The van der Waals surface area contributed by atoms with Gasteiger partial charge in [0.1, 0.15) is 11.7 Å². The van der Waals surface area contributed by atoms with E-state index in [-0.39, 0.29) is 11.7 Å². The molecule has 0 N–H and O–H groups in total. The third kappa shape index (κ3) is 2.88. The van der Waals surface area contributed by atoms with Crippen molar-refractivity contribution in [1.29, 1.82) is 0 Å². The zero-order chi connectivity index (χ0) is 18.2. The Hall–Kier alpha value is -2.42. The van der Waals surface area contributed by atoms with Gasteiger partial charge in [0.25, 0.3) is 0 Å². The second-order valence-corrected chi connectivity index (χ2v) is 6.07. The molecule has 0 aromatic heterocycles. The Bertz CT molecular complexity index is 831. The number of fused-ring (bicyclic) bond motifs is 1. The van der Waals surface area contributed by atoms with Crippen LogP contribution in [0.4, 0.5) is 13.2 Å². The number of alkyl halides is 3. The van der Waals surface area contributed by atoms with Crippen LogP contribution in [-0.2, 0) is 9.53 Å². The first-order valence-corrected chi connectivity index (χ1v) is 7.83. The average molecular weight is 414 g/mol. The molecule has 0 unspecified atom stereocenters. The van der Waals surface area contributed by atoms with Gasteiger partial charge < -0.3 is 4.74 Å². The SMILES string of the molecule is COC(=O)[C@]1(C(F)(F)F)N=C2C=CC(Br)=CN2C(c2ccccc2)=N1. The molecule has 0 bridgehead atoms. The van der Waals surface area contributed by atoms with E-state index in [1.54, 1.807) is 30.3 Å². The third-order valence-corrected chi connectivity index (χ3v) is 4.03. The van der Waals surface area contributed by atoms with Gasteiger partial charge in [-0.2, -0.15) is 13.2 Å². The number of aliphatic imine (C=N–C) groups is 2. The molecule has 0 saturated heterocycles. The van der Waals surface area contributed by atoms with Crippen LogP contribution in [0, 0.1) is 0 Å². The lowest BCUT2D eigenvalue weighted by Crippen LogP contribution is -2.55. The number of amidine groups is 2. The van der Waals surface area contributed by atoms with Crippen molar-refractivity contribution in [3.63, 3.8) is 0 Å².